The van der Waals surface area contributed by atoms with Crippen LogP contribution in [0.2, 0.25) is 0 Å². The molecule has 3 aliphatic heterocycles. The van der Waals surface area contributed by atoms with Gasteiger partial charge in [0.2, 0.25) is 11.8 Å². The summed E-state index contributed by atoms with van der Waals surface area (Å²) in [6, 6.07) is 6.37. The molecule has 5 nitrogen and oxygen atoms in total. The zero-order valence-corrected chi connectivity index (χ0v) is 17.1. The molecule has 1 unspecified atom stereocenters. The molecule has 3 heterocycles. The lowest BCUT2D eigenvalue weighted by Gasteiger charge is -2.47. The fourth-order valence-corrected chi connectivity index (χ4v) is 5.00. The Balaban J connectivity index is 1.26. The maximum absolute atomic E-state index is 13.0. The molecule has 158 valence electrons. The lowest BCUT2D eigenvalue weighted by atomic mass is 9.72. The number of rotatable bonds is 5. The van der Waals surface area contributed by atoms with E-state index in [-0.39, 0.29) is 29.2 Å². The van der Waals surface area contributed by atoms with E-state index < -0.39 is 0 Å². The van der Waals surface area contributed by atoms with Gasteiger partial charge in [0.25, 0.3) is 0 Å². The van der Waals surface area contributed by atoms with Crippen molar-refractivity contribution >= 4 is 11.8 Å². The summed E-state index contributed by atoms with van der Waals surface area (Å²) in [6.45, 7) is 3.88. The van der Waals surface area contributed by atoms with Crippen LogP contribution in [0.3, 0.4) is 0 Å². The normalized spacial score (nSPS) is 24.3. The Morgan fingerprint density at radius 1 is 1.17 bits per heavy atom. The number of hydrogen-bond donors (Lipinski definition) is 0. The minimum Gasteiger partial charge on any atom is -0.376 e. The van der Waals surface area contributed by atoms with E-state index in [0.29, 0.717) is 19.3 Å². The van der Waals surface area contributed by atoms with Crippen LogP contribution in [-0.4, -0.2) is 60.5 Å². The molecule has 0 aromatic heterocycles. The van der Waals surface area contributed by atoms with Crippen LogP contribution < -0.4 is 0 Å². The van der Waals surface area contributed by atoms with E-state index in [0.717, 1.165) is 70.5 Å². The maximum atomic E-state index is 13.0. The van der Waals surface area contributed by atoms with Crippen molar-refractivity contribution in [3.8, 4) is 0 Å². The van der Waals surface area contributed by atoms with Crippen LogP contribution in [0.1, 0.15) is 50.5 Å². The lowest BCUT2D eigenvalue weighted by molar-refractivity contribution is -0.144. The molecule has 1 spiro atoms. The van der Waals surface area contributed by atoms with Crippen molar-refractivity contribution in [3.05, 3.63) is 35.6 Å². The first-order valence-corrected chi connectivity index (χ1v) is 10.9. The highest BCUT2D eigenvalue weighted by Gasteiger charge is 2.42. The average Bonchev–Trinajstić information content (AvgIpc) is 3.24. The van der Waals surface area contributed by atoms with Crippen molar-refractivity contribution in [1.82, 2.24) is 9.80 Å². The topological polar surface area (TPSA) is 49.9 Å². The Labute approximate surface area is 172 Å². The molecule has 3 saturated heterocycles. The molecule has 2 amide bonds. The molecule has 0 bridgehead atoms. The number of nitrogens with zero attached hydrogens (tertiary/aromatic N) is 2. The average molecular weight is 403 g/mol. The summed E-state index contributed by atoms with van der Waals surface area (Å²) in [5.41, 5.74) is 1.14. The summed E-state index contributed by atoms with van der Waals surface area (Å²) >= 11 is 0. The summed E-state index contributed by atoms with van der Waals surface area (Å²) in [7, 11) is 0. The molecule has 3 aliphatic rings. The van der Waals surface area contributed by atoms with Gasteiger partial charge in [0.15, 0.2) is 0 Å². The molecule has 0 saturated carbocycles. The number of carbonyl (C=O) groups is 2. The molecule has 4 rings (SSSR count). The van der Waals surface area contributed by atoms with Crippen molar-refractivity contribution < 1.29 is 18.7 Å². The van der Waals surface area contributed by atoms with E-state index in [1.165, 1.54) is 12.1 Å². The van der Waals surface area contributed by atoms with Crippen LogP contribution in [0.5, 0.6) is 0 Å². The Kier molecular flexibility index (Phi) is 6.18. The first-order valence-electron chi connectivity index (χ1n) is 10.9. The summed E-state index contributed by atoms with van der Waals surface area (Å²) < 4.78 is 18.7. The van der Waals surface area contributed by atoms with E-state index in [2.05, 4.69) is 0 Å². The van der Waals surface area contributed by atoms with Crippen molar-refractivity contribution in [2.24, 2.45) is 5.41 Å². The molecule has 0 N–H and O–H groups in total. The van der Waals surface area contributed by atoms with Crippen molar-refractivity contribution in [2.45, 2.75) is 57.5 Å². The molecule has 6 heteroatoms. The largest absolute Gasteiger partial charge is 0.376 e. The van der Waals surface area contributed by atoms with Crippen molar-refractivity contribution in [3.63, 3.8) is 0 Å². The predicted molar refractivity (Wildman–Crippen MR) is 108 cm³/mol. The second-order valence-corrected chi connectivity index (χ2v) is 8.92. The van der Waals surface area contributed by atoms with Gasteiger partial charge in [0, 0.05) is 45.6 Å². The SMILES string of the molecule is O=C(CCc1ccc(F)cc1)N1CCC2(CCC(=O)N(CC3CCCO3)C2)CC1. The number of ether oxygens (including phenoxy) is 1. The van der Waals surface area contributed by atoms with Gasteiger partial charge in [-0.25, -0.2) is 4.39 Å². The van der Waals surface area contributed by atoms with Gasteiger partial charge in [-0.15, -0.1) is 0 Å². The number of amides is 2. The minimum absolute atomic E-state index is 0.153. The third-order valence-corrected chi connectivity index (χ3v) is 6.91. The van der Waals surface area contributed by atoms with E-state index in [1.54, 1.807) is 12.1 Å². The van der Waals surface area contributed by atoms with Crippen LogP contribution in [0.4, 0.5) is 4.39 Å². The molecule has 29 heavy (non-hydrogen) atoms. The second-order valence-electron chi connectivity index (χ2n) is 8.92. The lowest BCUT2D eigenvalue weighted by Crippen LogP contribution is -2.53. The predicted octanol–water partition coefficient (Wildman–Crippen LogP) is 3.17. The first kappa shape index (κ1) is 20.3. The number of halogens is 1. The van der Waals surface area contributed by atoms with Gasteiger partial charge in [0.05, 0.1) is 6.10 Å². The molecule has 1 atom stereocenters. The molecular formula is C23H31FN2O3. The summed E-state index contributed by atoms with van der Waals surface area (Å²) in [4.78, 5) is 29.0. The third-order valence-electron chi connectivity index (χ3n) is 6.91. The number of hydrogen-bond acceptors (Lipinski definition) is 3. The summed E-state index contributed by atoms with van der Waals surface area (Å²) in [5, 5.41) is 0. The van der Waals surface area contributed by atoms with Crippen LogP contribution in [0, 0.1) is 11.2 Å². The van der Waals surface area contributed by atoms with Crippen LogP contribution >= 0.6 is 0 Å². The van der Waals surface area contributed by atoms with Gasteiger partial charge in [-0.3, -0.25) is 9.59 Å². The van der Waals surface area contributed by atoms with Gasteiger partial charge in [0.1, 0.15) is 5.82 Å². The number of benzene rings is 1. The standard InChI is InChI=1S/C23H31FN2O3/c24-19-6-3-18(4-7-19)5-8-21(27)25-13-11-23(12-14-25)10-9-22(28)26(17-23)16-20-2-1-15-29-20/h3-4,6-7,20H,1-2,5,8-17H2. The zero-order valence-electron chi connectivity index (χ0n) is 17.1. The maximum Gasteiger partial charge on any atom is 0.222 e. The zero-order chi connectivity index (χ0) is 20.3. The van der Waals surface area contributed by atoms with E-state index >= 15 is 0 Å². The molecule has 0 radical (unpaired) electrons. The Bertz CT molecular complexity index is 722. The van der Waals surface area contributed by atoms with Crippen LogP contribution in [0.15, 0.2) is 24.3 Å². The minimum atomic E-state index is -0.249. The van der Waals surface area contributed by atoms with E-state index in [9.17, 15) is 14.0 Å². The third kappa shape index (κ3) is 4.97. The number of likely N-dealkylation sites (tertiary alicyclic amines) is 2. The highest BCUT2D eigenvalue weighted by atomic mass is 19.1. The Hall–Kier alpha value is -1.95. The van der Waals surface area contributed by atoms with Gasteiger partial charge in [-0.2, -0.15) is 0 Å². The molecule has 1 aromatic carbocycles. The number of aryl methyl sites for hydroxylation is 1. The highest BCUT2D eigenvalue weighted by Crippen LogP contribution is 2.40. The van der Waals surface area contributed by atoms with E-state index in [4.69, 9.17) is 4.74 Å². The molecule has 0 aliphatic carbocycles. The fraction of sp³-hybridized carbons (Fsp3) is 0.652. The van der Waals surface area contributed by atoms with Crippen LogP contribution in [0.25, 0.3) is 0 Å². The monoisotopic (exact) mass is 402 g/mol. The summed E-state index contributed by atoms with van der Waals surface area (Å²) in [6.07, 6.45) is 6.92. The highest BCUT2D eigenvalue weighted by molar-refractivity contribution is 5.78. The Morgan fingerprint density at radius 3 is 2.62 bits per heavy atom. The van der Waals surface area contributed by atoms with Crippen molar-refractivity contribution in [2.75, 3.05) is 32.8 Å². The number of piperidine rings is 2. The quantitative estimate of drug-likeness (QED) is 0.760. The van der Waals surface area contributed by atoms with Gasteiger partial charge in [-0.1, -0.05) is 12.1 Å². The smallest absolute Gasteiger partial charge is 0.222 e. The van der Waals surface area contributed by atoms with Crippen LogP contribution in [-0.2, 0) is 20.7 Å². The number of carbonyl (C=O) groups excluding carboxylic acids is 2. The summed E-state index contributed by atoms with van der Waals surface area (Å²) in [5.74, 6) is 0.178. The van der Waals surface area contributed by atoms with E-state index in [1.807, 2.05) is 9.80 Å². The first-order chi connectivity index (χ1) is 14.0. The van der Waals surface area contributed by atoms with Gasteiger partial charge >= 0.3 is 0 Å². The van der Waals surface area contributed by atoms with Crippen molar-refractivity contribution in [1.29, 1.82) is 0 Å². The van der Waals surface area contributed by atoms with Gasteiger partial charge in [-0.05, 0) is 61.6 Å². The fourth-order valence-electron chi connectivity index (χ4n) is 5.00. The Morgan fingerprint density at radius 2 is 1.93 bits per heavy atom. The molecular weight excluding hydrogens is 371 g/mol. The second kappa shape index (κ2) is 8.82. The molecule has 1 aromatic rings. The molecule has 3 fully saturated rings. The van der Waals surface area contributed by atoms with Gasteiger partial charge < -0.3 is 14.5 Å².